The normalized spacial score (nSPS) is 12.0. The quantitative estimate of drug-likeness (QED) is 0.836. The third kappa shape index (κ3) is 7.11. The molecule has 0 bridgehead atoms. The number of ether oxygens (including phenoxy) is 1. The zero-order valence-electron chi connectivity index (χ0n) is 14.0. The van der Waals surface area contributed by atoms with E-state index >= 15 is 0 Å². The lowest BCUT2D eigenvalue weighted by Crippen LogP contribution is -2.35. The number of aromatic nitrogens is 1. The zero-order chi connectivity index (χ0) is 16.0. The smallest absolute Gasteiger partial charge is 0.128 e. The van der Waals surface area contributed by atoms with Gasteiger partial charge in [0.25, 0.3) is 0 Å². The molecule has 0 amide bonds. The molecule has 1 heterocycles. The first-order chi connectivity index (χ1) is 9.69. The van der Waals surface area contributed by atoms with Gasteiger partial charge in [-0.15, -0.1) is 0 Å². The molecule has 0 aromatic carbocycles. The Bertz CT molecular complexity index is 444. The molecular formula is C16H28ClN3O. The van der Waals surface area contributed by atoms with Crippen molar-refractivity contribution in [2.45, 2.75) is 52.8 Å². The summed E-state index contributed by atoms with van der Waals surface area (Å²) in [4.78, 5) is 6.73. The molecule has 0 aliphatic carbocycles. The Morgan fingerprint density at radius 2 is 2.00 bits per heavy atom. The highest BCUT2D eigenvalue weighted by Crippen LogP contribution is 2.19. The van der Waals surface area contributed by atoms with Gasteiger partial charge < -0.3 is 15.0 Å². The summed E-state index contributed by atoms with van der Waals surface area (Å²) in [6, 6.07) is 3.85. The van der Waals surface area contributed by atoms with Crippen LogP contribution in [0.25, 0.3) is 0 Å². The first kappa shape index (κ1) is 18.2. The Morgan fingerprint density at radius 1 is 1.33 bits per heavy atom. The number of nitrogens with one attached hydrogen (secondary N) is 1. The monoisotopic (exact) mass is 313 g/mol. The summed E-state index contributed by atoms with van der Waals surface area (Å²) in [5.74, 6) is 0.914. The van der Waals surface area contributed by atoms with E-state index in [0.29, 0.717) is 18.2 Å². The zero-order valence-corrected chi connectivity index (χ0v) is 14.8. The van der Waals surface area contributed by atoms with E-state index in [1.807, 2.05) is 33.0 Å². The van der Waals surface area contributed by atoms with Crippen LogP contribution in [0.2, 0.25) is 5.02 Å². The second-order valence-electron chi connectivity index (χ2n) is 6.54. The average Bonchev–Trinajstić information content (AvgIpc) is 2.36. The van der Waals surface area contributed by atoms with Crippen molar-refractivity contribution in [3.63, 3.8) is 0 Å². The third-order valence-corrected chi connectivity index (χ3v) is 3.30. The van der Waals surface area contributed by atoms with Crippen molar-refractivity contribution >= 4 is 17.4 Å². The minimum absolute atomic E-state index is 0.0397. The van der Waals surface area contributed by atoms with Crippen LogP contribution in [-0.4, -0.2) is 36.8 Å². The van der Waals surface area contributed by atoms with Crippen LogP contribution >= 0.6 is 11.6 Å². The lowest BCUT2D eigenvalue weighted by atomic mass is 10.1. The number of halogens is 1. The van der Waals surface area contributed by atoms with Crippen molar-refractivity contribution in [1.82, 2.24) is 10.3 Å². The number of nitrogens with zero attached hydrogens (tertiary/aromatic N) is 2. The highest BCUT2D eigenvalue weighted by Gasteiger charge is 2.12. The van der Waals surface area contributed by atoms with Gasteiger partial charge in [0.05, 0.1) is 23.4 Å². The van der Waals surface area contributed by atoms with Gasteiger partial charge in [0, 0.05) is 25.7 Å². The van der Waals surface area contributed by atoms with Crippen LogP contribution in [0.5, 0.6) is 0 Å². The largest absolute Gasteiger partial charge is 0.377 e. The average molecular weight is 314 g/mol. The van der Waals surface area contributed by atoms with Gasteiger partial charge in [-0.1, -0.05) is 11.6 Å². The fraction of sp³-hybridized carbons (Fsp3) is 0.688. The Kier molecular flexibility index (Phi) is 6.91. The number of hydrogen-bond acceptors (Lipinski definition) is 4. The Morgan fingerprint density at radius 3 is 2.57 bits per heavy atom. The highest BCUT2D eigenvalue weighted by atomic mass is 35.5. The maximum absolute atomic E-state index is 6.23. The maximum Gasteiger partial charge on any atom is 0.128 e. The predicted molar refractivity (Wildman–Crippen MR) is 90.2 cm³/mol. The van der Waals surface area contributed by atoms with E-state index < -0.39 is 0 Å². The Labute approximate surface area is 133 Å². The molecule has 0 aliphatic heterocycles. The van der Waals surface area contributed by atoms with Crippen LogP contribution < -0.4 is 10.2 Å². The van der Waals surface area contributed by atoms with Crippen molar-refractivity contribution in [2.24, 2.45) is 0 Å². The summed E-state index contributed by atoms with van der Waals surface area (Å²) in [5, 5.41) is 4.11. The van der Waals surface area contributed by atoms with E-state index in [0.717, 1.165) is 18.1 Å². The van der Waals surface area contributed by atoms with E-state index in [1.165, 1.54) is 0 Å². The van der Waals surface area contributed by atoms with Gasteiger partial charge in [-0.05, 0) is 46.8 Å². The lowest BCUT2D eigenvalue weighted by molar-refractivity contribution is 0.0845. The molecule has 0 aliphatic rings. The molecule has 4 nitrogen and oxygen atoms in total. The molecular weight excluding hydrogens is 286 g/mol. The van der Waals surface area contributed by atoms with Crippen LogP contribution in [0.3, 0.4) is 0 Å². The van der Waals surface area contributed by atoms with E-state index in [9.17, 15) is 0 Å². The molecule has 0 radical (unpaired) electrons. The predicted octanol–water partition coefficient (Wildman–Crippen LogP) is 3.48. The van der Waals surface area contributed by atoms with Crippen LogP contribution in [0, 0.1) is 0 Å². The van der Waals surface area contributed by atoms with Crippen molar-refractivity contribution < 1.29 is 4.74 Å². The topological polar surface area (TPSA) is 37.4 Å². The summed E-state index contributed by atoms with van der Waals surface area (Å²) in [5.41, 5.74) is 0.915. The summed E-state index contributed by atoms with van der Waals surface area (Å²) < 4.78 is 5.57. The van der Waals surface area contributed by atoms with Gasteiger partial charge in [0.2, 0.25) is 0 Å². The summed E-state index contributed by atoms with van der Waals surface area (Å²) in [6.07, 6.45) is 0.253. The molecule has 1 aromatic rings. The number of pyridine rings is 1. The molecule has 0 spiro atoms. The summed E-state index contributed by atoms with van der Waals surface area (Å²) in [6.45, 7) is 12.6. The minimum atomic E-state index is 0.0397. The molecule has 1 N–H and O–H groups in total. The van der Waals surface area contributed by atoms with E-state index in [1.54, 1.807) is 0 Å². The first-order valence-electron chi connectivity index (χ1n) is 7.42. The molecule has 0 fully saturated rings. The minimum Gasteiger partial charge on any atom is -0.377 e. The fourth-order valence-electron chi connectivity index (χ4n) is 1.70. The number of hydrogen-bond donors (Lipinski definition) is 1. The van der Waals surface area contributed by atoms with Crippen molar-refractivity contribution in [1.29, 1.82) is 0 Å². The second kappa shape index (κ2) is 7.97. The van der Waals surface area contributed by atoms with Gasteiger partial charge in [0.15, 0.2) is 0 Å². The number of rotatable bonds is 7. The van der Waals surface area contributed by atoms with Crippen molar-refractivity contribution in [3.05, 3.63) is 22.8 Å². The molecule has 5 heteroatoms. The van der Waals surface area contributed by atoms with Gasteiger partial charge >= 0.3 is 0 Å². The van der Waals surface area contributed by atoms with E-state index in [2.05, 4.69) is 36.0 Å². The van der Waals surface area contributed by atoms with Crippen molar-refractivity contribution in [2.75, 3.05) is 25.1 Å². The second-order valence-corrected chi connectivity index (χ2v) is 6.95. The number of likely N-dealkylation sites (N-methyl/N-ethyl adjacent to an activating group) is 1. The lowest BCUT2D eigenvalue weighted by Gasteiger charge is -2.22. The number of anilines is 1. The molecule has 120 valence electrons. The van der Waals surface area contributed by atoms with Crippen molar-refractivity contribution in [3.8, 4) is 0 Å². The molecule has 0 unspecified atom stereocenters. The fourth-order valence-corrected chi connectivity index (χ4v) is 1.87. The molecule has 0 saturated heterocycles. The molecule has 1 aromatic heterocycles. The first-order valence-corrected chi connectivity index (χ1v) is 7.80. The van der Waals surface area contributed by atoms with Crippen LogP contribution in [0.15, 0.2) is 12.1 Å². The molecule has 0 atom stereocenters. The molecule has 1 rings (SSSR count). The summed E-state index contributed by atoms with van der Waals surface area (Å²) >= 11 is 6.23. The SMILES string of the molecule is CC(C)OCCN(C)c1ccc(Cl)c(CNC(C)(C)C)n1. The van der Waals surface area contributed by atoms with Gasteiger partial charge in [-0.2, -0.15) is 0 Å². The third-order valence-electron chi connectivity index (χ3n) is 2.96. The summed E-state index contributed by atoms with van der Waals surface area (Å²) in [7, 11) is 2.01. The van der Waals surface area contributed by atoms with Crippen LogP contribution in [0.1, 0.15) is 40.3 Å². The molecule has 0 saturated carbocycles. The van der Waals surface area contributed by atoms with E-state index in [4.69, 9.17) is 16.3 Å². The maximum atomic E-state index is 6.23. The Balaban J connectivity index is 2.67. The van der Waals surface area contributed by atoms with Crippen LogP contribution in [-0.2, 0) is 11.3 Å². The van der Waals surface area contributed by atoms with Gasteiger partial charge in [-0.3, -0.25) is 0 Å². The Hall–Kier alpha value is -0.840. The standard InChI is InChI=1S/C16H28ClN3O/c1-12(2)21-10-9-20(6)15-8-7-13(17)14(19-15)11-18-16(3,4)5/h7-8,12,18H,9-11H2,1-6H3. The van der Waals surface area contributed by atoms with E-state index in [-0.39, 0.29) is 11.6 Å². The highest BCUT2D eigenvalue weighted by molar-refractivity contribution is 6.31. The van der Waals surface area contributed by atoms with Gasteiger partial charge in [-0.25, -0.2) is 4.98 Å². The van der Waals surface area contributed by atoms with Crippen LogP contribution in [0.4, 0.5) is 5.82 Å². The molecule has 21 heavy (non-hydrogen) atoms. The van der Waals surface area contributed by atoms with Gasteiger partial charge in [0.1, 0.15) is 5.82 Å².